The third-order valence-electron chi connectivity index (χ3n) is 4.72. The van der Waals surface area contributed by atoms with E-state index in [1.165, 1.54) is 24.6 Å². The van der Waals surface area contributed by atoms with Crippen LogP contribution in [0, 0.1) is 10.1 Å². The van der Waals surface area contributed by atoms with Gasteiger partial charge in [0, 0.05) is 11.8 Å². The van der Waals surface area contributed by atoms with Crippen LogP contribution in [-0.4, -0.2) is 23.7 Å². The normalized spacial score (nSPS) is 11.6. The van der Waals surface area contributed by atoms with Crippen molar-refractivity contribution in [3.8, 4) is 0 Å². The fraction of sp³-hybridized carbons (Fsp3) is 0.450. The summed E-state index contributed by atoms with van der Waals surface area (Å²) in [4.78, 5) is 22.5. The van der Waals surface area contributed by atoms with Crippen molar-refractivity contribution in [1.82, 2.24) is 0 Å². The molecule has 0 aromatic heterocycles. The number of nitro benzene ring substituents is 1. The summed E-state index contributed by atoms with van der Waals surface area (Å²) in [6, 6.07) is 7.41. The number of carbonyl (C=O) groups is 1. The summed E-state index contributed by atoms with van der Waals surface area (Å²) in [5.41, 5.74) is -1.13. The Hall–Kier alpha value is -2.32. The maximum atomic E-state index is 12.6. The van der Waals surface area contributed by atoms with E-state index in [4.69, 9.17) is 0 Å². The predicted octanol–water partition coefficient (Wildman–Crippen LogP) is 5.32. The van der Waals surface area contributed by atoms with E-state index in [0.717, 1.165) is 32.1 Å². The number of nitrogens with zero attached hydrogens (tertiary/aromatic N) is 1. The standard InChI is InChI=1S/C20H25NO6S/c1-2-3-4-5-6-7-8-13-18(22)17-14-15-11-9-10-12-16(15)20(28(25,26)27)19(17)21(23)24/h9-12,14H,2-8,13H2,1H3,(H,25,26,27). The Morgan fingerprint density at radius 1 is 1.07 bits per heavy atom. The molecule has 0 fully saturated rings. The summed E-state index contributed by atoms with van der Waals surface area (Å²) in [6.07, 6.45) is 7.07. The number of hydrogen-bond acceptors (Lipinski definition) is 5. The molecule has 28 heavy (non-hydrogen) atoms. The summed E-state index contributed by atoms with van der Waals surface area (Å²) >= 11 is 0. The second-order valence-corrected chi connectivity index (χ2v) is 8.21. The van der Waals surface area contributed by atoms with E-state index < -0.39 is 31.4 Å². The van der Waals surface area contributed by atoms with Gasteiger partial charge in [0.15, 0.2) is 10.7 Å². The molecule has 0 saturated heterocycles. The molecular formula is C20H25NO6S. The second kappa shape index (κ2) is 9.75. The van der Waals surface area contributed by atoms with E-state index >= 15 is 0 Å². The van der Waals surface area contributed by atoms with Crippen molar-refractivity contribution < 1.29 is 22.7 Å². The molecular weight excluding hydrogens is 382 g/mol. The Kier molecular flexibility index (Phi) is 7.65. The molecule has 0 aliphatic carbocycles. The lowest BCUT2D eigenvalue weighted by atomic mass is 9.98. The molecule has 0 saturated carbocycles. The van der Waals surface area contributed by atoms with E-state index in [1.807, 2.05) is 0 Å². The van der Waals surface area contributed by atoms with Crippen molar-refractivity contribution in [3.05, 3.63) is 46.0 Å². The molecule has 0 atom stereocenters. The molecule has 152 valence electrons. The third-order valence-corrected chi connectivity index (χ3v) is 5.65. The van der Waals surface area contributed by atoms with Gasteiger partial charge in [-0.2, -0.15) is 8.42 Å². The Morgan fingerprint density at radius 3 is 2.29 bits per heavy atom. The second-order valence-electron chi connectivity index (χ2n) is 6.85. The number of hydrogen-bond donors (Lipinski definition) is 1. The van der Waals surface area contributed by atoms with Crippen LogP contribution in [0.3, 0.4) is 0 Å². The lowest BCUT2D eigenvalue weighted by molar-refractivity contribution is -0.387. The minimum atomic E-state index is -4.89. The molecule has 2 rings (SSSR count). The first-order valence-corrected chi connectivity index (χ1v) is 10.9. The molecule has 0 bridgehead atoms. The number of nitro groups is 1. The van der Waals surface area contributed by atoms with Crippen LogP contribution in [0.5, 0.6) is 0 Å². The average molecular weight is 407 g/mol. The van der Waals surface area contributed by atoms with Gasteiger partial charge in [-0.15, -0.1) is 0 Å². The molecule has 7 nitrogen and oxygen atoms in total. The van der Waals surface area contributed by atoms with Gasteiger partial charge >= 0.3 is 15.8 Å². The minimum absolute atomic E-state index is 0.0178. The number of unbranched alkanes of at least 4 members (excludes halogenated alkanes) is 6. The fourth-order valence-corrected chi connectivity index (χ4v) is 4.23. The molecule has 2 aromatic carbocycles. The van der Waals surface area contributed by atoms with Crippen LogP contribution in [0.2, 0.25) is 0 Å². The van der Waals surface area contributed by atoms with Crippen molar-refractivity contribution in [2.24, 2.45) is 0 Å². The van der Waals surface area contributed by atoms with E-state index in [9.17, 15) is 27.9 Å². The molecule has 8 heteroatoms. The molecule has 0 unspecified atom stereocenters. The number of ketones is 1. The van der Waals surface area contributed by atoms with E-state index in [0.29, 0.717) is 11.8 Å². The predicted molar refractivity (Wildman–Crippen MR) is 107 cm³/mol. The summed E-state index contributed by atoms with van der Waals surface area (Å²) in [5, 5.41) is 12.0. The SMILES string of the molecule is CCCCCCCCCC(=O)c1cc2ccccc2c(S(=O)(=O)O)c1[N+](=O)[O-]. The Balaban J connectivity index is 2.32. The highest BCUT2D eigenvalue weighted by molar-refractivity contribution is 7.86. The van der Waals surface area contributed by atoms with Crippen LogP contribution < -0.4 is 0 Å². The molecule has 2 aromatic rings. The van der Waals surface area contributed by atoms with Gasteiger partial charge in [0.2, 0.25) is 0 Å². The number of benzene rings is 2. The minimum Gasteiger partial charge on any atom is -0.294 e. The van der Waals surface area contributed by atoms with Crippen LogP contribution in [-0.2, 0) is 10.1 Å². The molecule has 1 N–H and O–H groups in total. The van der Waals surface area contributed by atoms with Gasteiger partial charge in [-0.3, -0.25) is 19.5 Å². The highest BCUT2D eigenvalue weighted by Crippen LogP contribution is 2.36. The van der Waals surface area contributed by atoms with Gasteiger partial charge in [0.05, 0.1) is 10.5 Å². The highest BCUT2D eigenvalue weighted by Gasteiger charge is 2.33. The fourth-order valence-electron chi connectivity index (χ4n) is 3.34. The molecule has 0 aliphatic heterocycles. The maximum absolute atomic E-state index is 12.6. The molecule has 0 heterocycles. The molecule has 0 radical (unpaired) electrons. The quantitative estimate of drug-likeness (QED) is 0.177. The molecule has 0 aliphatic rings. The Morgan fingerprint density at radius 2 is 1.68 bits per heavy atom. The van der Waals surface area contributed by atoms with Crippen molar-refractivity contribution in [2.75, 3.05) is 0 Å². The van der Waals surface area contributed by atoms with Gasteiger partial charge in [0.1, 0.15) is 0 Å². The molecule has 0 amide bonds. The number of rotatable bonds is 11. The van der Waals surface area contributed by atoms with Crippen LogP contribution in [0.15, 0.2) is 35.2 Å². The van der Waals surface area contributed by atoms with Crippen LogP contribution >= 0.6 is 0 Å². The lowest BCUT2D eigenvalue weighted by Gasteiger charge is -2.10. The smallest absolute Gasteiger partial charge is 0.294 e. The number of fused-ring (bicyclic) bond motifs is 1. The monoisotopic (exact) mass is 407 g/mol. The first-order chi connectivity index (χ1) is 13.3. The van der Waals surface area contributed by atoms with Crippen LogP contribution in [0.4, 0.5) is 5.69 Å². The van der Waals surface area contributed by atoms with Crippen molar-refractivity contribution in [3.63, 3.8) is 0 Å². The first-order valence-electron chi connectivity index (χ1n) is 9.48. The van der Waals surface area contributed by atoms with Crippen molar-refractivity contribution >= 4 is 32.4 Å². The zero-order valence-electron chi connectivity index (χ0n) is 15.9. The van der Waals surface area contributed by atoms with Crippen molar-refractivity contribution in [2.45, 2.75) is 63.2 Å². The first kappa shape index (κ1) is 22.0. The van der Waals surface area contributed by atoms with Gasteiger partial charge in [-0.05, 0) is 17.9 Å². The van der Waals surface area contributed by atoms with Gasteiger partial charge in [-0.25, -0.2) is 0 Å². The summed E-state index contributed by atoms with van der Waals surface area (Å²) in [6.45, 7) is 2.13. The topological polar surface area (TPSA) is 115 Å². The van der Waals surface area contributed by atoms with Gasteiger partial charge < -0.3 is 0 Å². The van der Waals surface area contributed by atoms with Gasteiger partial charge in [-0.1, -0.05) is 69.7 Å². The highest BCUT2D eigenvalue weighted by atomic mass is 32.2. The Bertz CT molecular complexity index is 968. The van der Waals surface area contributed by atoms with Crippen molar-refractivity contribution in [1.29, 1.82) is 0 Å². The maximum Gasteiger partial charge on any atom is 0.302 e. The lowest BCUT2D eigenvalue weighted by Crippen LogP contribution is -2.11. The van der Waals surface area contributed by atoms with E-state index in [1.54, 1.807) is 12.1 Å². The summed E-state index contributed by atoms with van der Waals surface area (Å²) in [5.74, 6) is -0.490. The Labute approximate surface area is 164 Å². The summed E-state index contributed by atoms with van der Waals surface area (Å²) < 4.78 is 33.3. The van der Waals surface area contributed by atoms with E-state index in [-0.39, 0.29) is 17.4 Å². The number of Topliss-reactive ketones (excluding diaryl/α,β-unsaturated/α-hetero) is 1. The summed E-state index contributed by atoms with van der Waals surface area (Å²) in [7, 11) is -4.89. The van der Waals surface area contributed by atoms with Crippen LogP contribution in [0.25, 0.3) is 10.8 Å². The average Bonchev–Trinajstić information content (AvgIpc) is 2.64. The zero-order valence-corrected chi connectivity index (χ0v) is 16.7. The van der Waals surface area contributed by atoms with Gasteiger partial charge in [0.25, 0.3) is 0 Å². The van der Waals surface area contributed by atoms with Crippen LogP contribution in [0.1, 0.15) is 68.6 Å². The van der Waals surface area contributed by atoms with E-state index in [2.05, 4.69) is 6.92 Å². The largest absolute Gasteiger partial charge is 0.302 e. The number of carbonyl (C=O) groups excluding carboxylic acids is 1. The zero-order chi connectivity index (χ0) is 20.7. The third kappa shape index (κ3) is 5.36. The molecule has 0 spiro atoms.